The standard InChI is InChI=1S/C14H21F3N2O/c15-14(16,17)8-18-12(20)7-19-13-4-9-1-10(5-13)3-11(2-9)6-13/h9-11,19H,1-8H2,(H,18,20). The minimum Gasteiger partial charge on any atom is -0.346 e. The van der Waals surface area contributed by atoms with Gasteiger partial charge in [-0.15, -0.1) is 0 Å². The maximum atomic E-state index is 12.0. The van der Waals surface area contributed by atoms with E-state index in [1.807, 2.05) is 5.32 Å². The first-order valence-electron chi connectivity index (χ1n) is 7.42. The lowest BCUT2D eigenvalue weighted by Gasteiger charge is -2.57. The van der Waals surface area contributed by atoms with Gasteiger partial charge in [-0.05, 0) is 56.3 Å². The van der Waals surface area contributed by atoms with E-state index in [1.54, 1.807) is 0 Å². The molecule has 0 aliphatic heterocycles. The van der Waals surface area contributed by atoms with Gasteiger partial charge < -0.3 is 10.6 Å². The molecular formula is C14H21F3N2O. The molecule has 1 amide bonds. The molecular weight excluding hydrogens is 269 g/mol. The molecule has 4 bridgehead atoms. The van der Waals surface area contributed by atoms with Crippen molar-refractivity contribution in [2.24, 2.45) is 17.8 Å². The average Bonchev–Trinajstić information content (AvgIpc) is 2.31. The molecule has 0 spiro atoms. The summed E-state index contributed by atoms with van der Waals surface area (Å²) in [6.07, 6.45) is 2.85. The number of carbonyl (C=O) groups is 1. The normalized spacial score (nSPS) is 39.0. The third-order valence-corrected chi connectivity index (χ3v) is 5.15. The monoisotopic (exact) mass is 290 g/mol. The van der Waals surface area contributed by atoms with Gasteiger partial charge in [0.25, 0.3) is 0 Å². The number of hydrogen-bond donors (Lipinski definition) is 2. The molecule has 0 saturated heterocycles. The number of carbonyl (C=O) groups excluding carboxylic acids is 1. The summed E-state index contributed by atoms with van der Waals surface area (Å²) < 4.78 is 36.1. The van der Waals surface area contributed by atoms with E-state index < -0.39 is 18.6 Å². The second-order valence-corrected chi connectivity index (χ2v) is 6.94. The third kappa shape index (κ3) is 3.10. The summed E-state index contributed by atoms with van der Waals surface area (Å²) in [6.45, 7) is -1.24. The van der Waals surface area contributed by atoms with Crippen LogP contribution >= 0.6 is 0 Å². The minimum atomic E-state index is -4.34. The van der Waals surface area contributed by atoms with Crippen molar-refractivity contribution in [1.82, 2.24) is 10.6 Å². The van der Waals surface area contributed by atoms with E-state index >= 15 is 0 Å². The molecule has 4 aliphatic rings. The quantitative estimate of drug-likeness (QED) is 0.833. The van der Waals surface area contributed by atoms with Crippen molar-refractivity contribution in [3.05, 3.63) is 0 Å². The molecule has 6 heteroatoms. The molecule has 0 unspecified atom stereocenters. The highest BCUT2D eigenvalue weighted by atomic mass is 19.4. The fourth-order valence-electron chi connectivity index (χ4n) is 4.86. The van der Waals surface area contributed by atoms with Gasteiger partial charge in [0.2, 0.25) is 5.91 Å². The van der Waals surface area contributed by atoms with E-state index in [0.29, 0.717) is 0 Å². The number of alkyl halides is 3. The highest BCUT2D eigenvalue weighted by Crippen LogP contribution is 2.55. The van der Waals surface area contributed by atoms with Gasteiger partial charge in [0, 0.05) is 5.54 Å². The van der Waals surface area contributed by atoms with Gasteiger partial charge >= 0.3 is 6.18 Å². The second kappa shape index (κ2) is 4.90. The van der Waals surface area contributed by atoms with E-state index in [-0.39, 0.29) is 12.1 Å². The number of hydrogen-bond acceptors (Lipinski definition) is 2. The van der Waals surface area contributed by atoms with Gasteiger partial charge in [0.1, 0.15) is 6.54 Å². The van der Waals surface area contributed by atoms with Gasteiger partial charge in [0.15, 0.2) is 0 Å². The van der Waals surface area contributed by atoms with Crippen LogP contribution in [0.5, 0.6) is 0 Å². The molecule has 3 nitrogen and oxygen atoms in total. The summed E-state index contributed by atoms with van der Waals surface area (Å²) in [5.41, 5.74) is 0.0182. The molecule has 0 aromatic rings. The Kier molecular flexibility index (Phi) is 3.47. The smallest absolute Gasteiger partial charge is 0.346 e. The SMILES string of the molecule is O=C(CNC12CC3CC(CC(C3)C1)C2)NCC(F)(F)F. The van der Waals surface area contributed by atoms with Crippen LogP contribution in [-0.2, 0) is 4.79 Å². The topological polar surface area (TPSA) is 41.1 Å². The second-order valence-electron chi connectivity index (χ2n) is 6.94. The molecule has 0 aromatic carbocycles. The zero-order valence-electron chi connectivity index (χ0n) is 11.4. The van der Waals surface area contributed by atoms with Gasteiger partial charge in [-0.1, -0.05) is 0 Å². The molecule has 0 aromatic heterocycles. The Morgan fingerprint density at radius 1 is 1.05 bits per heavy atom. The van der Waals surface area contributed by atoms with Crippen LogP contribution in [0.2, 0.25) is 0 Å². The van der Waals surface area contributed by atoms with Crippen molar-refractivity contribution >= 4 is 5.91 Å². The number of amides is 1. The van der Waals surface area contributed by atoms with E-state index in [4.69, 9.17) is 0 Å². The molecule has 2 N–H and O–H groups in total. The molecule has 114 valence electrons. The van der Waals surface area contributed by atoms with Crippen LogP contribution in [-0.4, -0.2) is 30.7 Å². The zero-order valence-corrected chi connectivity index (χ0v) is 11.4. The van der Waals surface area contributed by atoms with Gasteiger partial charge in [-0.25, -0.2) is 0 Å². The maximum absolute atomic E-state index is 12.0. The Balaban J connectivity index is 1.50. The van der Waals surface area contributed by atoms with Gasteiger partial charge in [-0.2, -0.15) is 13.2 Å². The first-order valence-corrected chi connectivity index (χ1v) is 7.42. The summed E-state index contributed by atoms with van der Waals surface area (Å²) in [5.74, 6) is 1.71. The van der Waals surface area contributed by atoms with Crippen molar-refractivity contribution in [2.45, 2.75) is 50.2 Å². The molecule has 4 fully saturated rings. The lowest BCUT2D eigenvalue weighted by Crippen LogP contribution is -2.60. The van der Waals surface area contributed by atoms with Crippen molar-refractivity contribution in [1.29, 1.82) is 0 Å². The van der Waals surface area contributed by atoms with Crippen LogP contribution in [0.15, 0.2) is 0 Å². The Hall–Kier alpha value is -0.780. The van der Waals surface area contributed by atoms with Crippen molar-refractivity contribution in [3.8, 4) is 0 Å². The summed E-state index contributed by atoms with van der Waals surface area (Å²) >= 11 is 0. The summed E-state index contributed by atoms with van der Waals surface area (Å²) in [4.78, 5) is 11.5. The molecule has 0 atom stereocenters. The van der Waals surface area contributed by atoms with Crippen LogP contribution in [0.4, 0.5) is 13.2 Å². The Morgan fingerprint density at radius 2 is 1.55 bits per heavy atom. The van der Waals surface area contributed by atoms with Gasteiger partial charge in [-0.3, -0.25) is 4.79 Å². The van der Waals surface area contributed by atoms with E-state index in [0.717, 1.165) is 37.0 Å². The van der Waals surface area contributed by atoms with Crippen molar-refractivity contribution in [2.75, 3.05) is 13.1 Å². The molecule has 4 aliphatic carbocycles. The van der Waals surface area contributed by atoms with E-state index in [9.17, 15) is 18.0 Å². The Morgan fingerprint density at radius 3 is 2.00 bits per heavy atom. The van der Waals surface area contributed by atoms with Crippen molar-refractivity contribution < 1.29 is 18.0 Å². The number of rotatable bonds is 4. The largest absolute Gasteiger partial charge is 0.405 e. The molecule has 20 heavy (non-hydrogen) atoms. The van der Waals surface area contributed by atoms with Crippen LogP contribution in [0, 0.1) is 17.8 Å². The van der Waals surface area contributed by atoms with Gasteiger partial charge in [0.05, 0.1) is 6.54 Å². The predicted octanol–water partition coefficient (Wildman–Crippen LogP) is 2.22. The summed E-state index contributed by atoms with van der Waals surface area (Å²) in [6, 6.07) is 0. The molecule has 4 rings (SSSR count). The fraction of sp³-hybridized carbons (Fsp3) is 0.929. The Bertz CT molecular complexity index is 359. The lowest BCUT2D eigenvalue weighted by atomic mass is 9.53. The highest BCUT2D eigenvalue weighted by molar-refractivity contribution is 5.78. The molecule has 4 saturated carbocycles. The first-order chi connectivity index (χ1) is 9.34. The van der Waals surface area contributed by atoms with E-state index in [2.05, 4.69) is 5.32 Å². The zero-order chi connectivity index (χ0) is 14.4. The first kappa shape index (κ1) is 14.2. The van der Waals surface area contributed by atoms with Crippen molar-refractivity contribution in [3.63, 3.8) is 0 Å². The summed E-state index contributed by atoms with van der Waals surface area (Å²) in [7, 11) is 0. The summed E-state index contributed by atoms with van der Waals surface area (Å²) in [5, 5.41) is 5.21. The molecule has 0 radical (unpaired) electrons. The Labute approximate surface area is 116 Å². The fourth-order valence-corrected chi connectivity index (χ4v) is 4.86. The number of nitrogens with one attached hydrogen (secondary N) is 2. The molecule has 0 heterocycles. The van der Waals surface area contributed by atoms with Crippen LogP contribution in [0.3, 0.4) is 0 Å². The predicted molar refractivity (Wildman–Crippen MR) is 68.0 cm³/mol. The van der Waals surface area contributed by atoms with Crippen LogP contribution < -0.4 is 10.6 Å². The maximum Gasteiger partial charge on any atom is 0.405 e. The lowest BCUT2D eigenvalue weighted by molar-refractivity contribution is -0.138. The number of halogens is 3. The average molecular weight is 290 g/mol. The van der Waals surface area contributed by atoms with E-state index in [1.165, 1.54) is 19.3 Å². The third-order valence-electron chi connectivity index (χ3n) is 5.15. The van der Waals surface area contributed by atoms with Crippen LogP contribution in [0.1, 0.15) is 38.5 Å². The minimum absolute atomic E-state index is 0.00222. The van der Waals surface area contributed by atoms with Crippen LogP contribution in [0.25, 0.3) is 0 Å². The highest BCUT2D eigenvalue weighted by Gasteiger charge is 2.50.